The lowest BCUT2D eigenvalue weighted by Gasteiger charge is -2.36. The van der Waals surface area contributed by atoms with Crippen LogP contribution >= 0.6 is 0 Å². The van der Waals surface area contributed by atoms with E-state index in [9.17, 15) is 24.6 Å². The maximum atomic E-state index is 13.1. The summed E-state index contributed by atoms with van der Waals surface area (Å²) in [5.74, 6) is -1.22. The van der Waals surface area contributed by atoms with Gasteiger partial charge < -0.3 is 19.7 Å². The zero-order chi connectivity index (χ0) is 33.1. The highest BCUT2D eigenvalue weighted by Crippen LogP contribution is 2.41. The van der Waals surface area contributed by atoms with Crippen LogP contribution in [0.5, 0.6) is 17.2 Å². The standard InChI is InChI=1S/C38H42O7/c1-7-25(2)9-8-10-26(3)11-18-33-27(4)37(43)34(24-38(33,5)6)45-36(42)20-19-35(41)44-32-16-14-28(15-17-32)12-13-29-21-30(39)23-31(40)22-29/h7-18,21-23,34,39-40H,19-20,24H2,1-6H3. The normalized spacial score (nSPS) is 17.5. The van der Waals surface area contributed by atoms with Gasteiger partial charge in [0.1, 0.15) is 17.2 Å². The molecule has 45 heavy (non-hydrogen) atoms. The van der Waals surface area contributed by atoms with E-state index in [1.165, 1.54) is 23.8 Å². The largest absolute Gasteiger partial charge is 0.508 e. The van der Waals surface area contributed by atoms with Gasteiger partial charge in [0.25, 0.3) is 0 Å². The van der Waals surface area contributed by atoms with Crippen molar-refractivity contribution in [3.8, 4) is 17.2 Å². The van der Waals surface area contributed by atoms with Gasteiger partial charge in [-0.25, -0.2) is 0 Å². The summed E-state index contributed by atoms with van der Waals surface area (Å²) in [6.45, 7) is 11.8. The molecule has 0 aliphatic heterocycles. The van der Waals surface area contributed by atoms with Gasteiger partial charge in [0.05, 0.1) is 12.8 Å². The van der Waals surface area contributed by atoms with E-state index in [-0.39, 0.29) is 30.1 Å². The molecule has 7 heteroatoms. The molecule has 0 radical (unpaired) electrons. The van der Waals surface area contributed by atoms with Gasteiger partial charge in [-0.2, -0.15) is 0 Å². The number of rotatable bonds is 11. The van der Waals surface area contributed by atoms with Crippen LogP contribution in [0.15, 0.2) is 101 Å². The van der Waals surface area contributed by atoms with Crippen molar-refractivity contribution in [1.82, 2.24) is 0 Å². The molecule has 0 aromatic heterocycles. The molecule has 7 nitrogen and oxygen atoms in total. The average Bonchev–Trinajstić information content (AvgIpc) is 2.97. The fraction of sp³-hybridized carbons (Fsp3) is 0.289. The summed E-state index contributed by atoms with van der Waals surface area (Å²) in [4.78, 5) is 38.1. The van der Waals surface area contributed by atoms with Crippen molar-refractivity contribution >= 4 is 29.9 Å². The molecule has 0 saturated heterocycles. The second-order valence-corrected chi connectivity index (χ2v) is 11.8. The smallest absolute Gasteiger partial charge is 0.311 e. The molecule has 1 unspecified atom stereocenters. The third-order valence-electron chi connectivity index (χ3n) is 7.49. The van der Waals surface area contributed by atoms with Gasteiger partial charge >= 0.3 is 11.9 Å². The number of benzene rings is 2. The average molecular weight is 611 g/mol. The summed E-state index contributed by atoms with van der Waals surface area (Å²) in [5.41, 5.74) is 4.71. The number of Topliss-reactive ketones (excluding diaryl/α,β-unsaturated/α-hetero) is 1. The van der Waals surface area contributed by atoms with E-state index in [0.717, 1.165) is 16.7 Å². The highest BCUT2D eigenvalue weighted by atomic mass is 16.6. The van der Waals surface area contributed by atoms with Crippen molar-refractivity contribution in [2.24, 2.45) is 5.41 Å². The first kappa shape index (κ1) is 34.6. The third kappa shape index (κ3) is 10.6. The van der Waals surface area contributed by atoms with Gasteiger partial charge in [-0.3, -0.25) is 14.4 Å². The molecule has 3 rings (SSSR count). The van der Waals surface area contributed by atoms with E-state index in [0.29, 0.717) is 23.3 Å². The molecule has 2 N–H and O–H groups in total. The van der Waals surface area contributed by atoms with E-state index < -0.39 is 23.5 Å². The minimum atomic E-state index is -0.909. The fourth-order valence-electron chi connectivity index (χ4n) is 4.87. The van der Waals surface area contributed by atoms with Crippen LogP contribution in [0.3, 0.4) is 0 Å². The molecule has 0 heterocycles. The number of esters is 2. The van der Waals surface area contributed by atoms with Gasteiger partial charge in [-0.15, -0.1) is 0 Å². The number of allylic oxidation sites excluding steroid dienone is 9. The van der Waals surface area contributed by atoms with Gasteiger partial charge in [-0.05, 0) is 79.6 Å². The van der Waals surface area contributed by atoms with Crippen LogP contribution in [0, 0.1) is 5.41 Å². The van der Waals surface area contributed by atoms with Gasteiger partial charge in [0.15, 0.2) is 11.9 Å². The summed E-state index contributed by atoms with van der Waals surface area (Å²) in [5, 5.41) is 19.2. The predicted octanol–water partition coefficient (Wildman–Crippen LogP) is 8.21. The van der Waals surface area contributed by atoms with Gasteiger partial charge in [0, 0.05) is 12.5 Å². The maximum absolute atomic E-state index is 13.1. The molecule has 0 bridgehead atoms. The van der Waals surface area contributed by atoms with Crippen LogP contribution in [-0.2, 0) is 19.1 Å². The Morgan fingerprint density at radius 3 is 2.16 bits per heavy atom. The fourth-order valence-corrected chi connectivity index (χ4v) is 4.87. The summed E-state index contributed by atoms with van der Waals surface area (Å²) in [6.07, 6.45) is 14.5. The molecular formula is C38H42O7. The minimum Gasteiger partial charge on any atom is -0.508 e. The van der Waals surface area contributed by atoms with Crippen LogP contribution in [0.25, 0.3) is 12.2 Å². The topological polar surface area (TPSA) is 110 Å². The zero-order valence-corrected chi connectivity index (χ0v) is 26.8. The second-order valence-electron chi connectivity index (χ2n) is 11.8. The number of phenols is 2. The van der Waals surface area contributed by atoms with Crippen molar-refractivity contribution in [1.29, 1.82) is 0 Å². The number of aromatic hydroxyl groups is 2. The Labute approximate surface area is 265 Å². The van der Waals surface area contributed by atoms with Crippen molar-refractivity contribution in [2.45, 2.75) is 66.9 Å². The number of hydrogen-bond acceptors (Lipinski definition) is 7. The van der Waals surface area contributed by atoms with Crippen LogP contribution in [0.2, 0.25) is 0 Å². The number of ketones is 1. The van der Waals surface area contributed by atoms with E-state index in [1.807, 2.05) is 71.1 Å². The van der Waals surface area contributed by atoms with Crippen molar-refractivity contribution < 1.29 is 34.1 Å². The van der Waals surface area contributed by atoms with Crippen LogP contribution in [0.1, 0.15) is 71.9 Å². The van der Waals surface area contributed by atoms with E-state index in [2.05, 4.69) is 0 Å². The maximum Gasteiger partial charge on any atom is 0.311 e. The quantitative estimate of drug-likeness (QED) is 0.114. The number of phenolic OH excluding ortho intramolecular Hbond substituents is 2. The summed E-state index contributed by atoms with van der Waals surface area (Å²) >= 11 is 0. The molecule has 2 aromatic rings. The Balaban J connectivity index is 1.52. The predicted molar refractivity (Wildman–Crippen MR) is 177 cm³/mol. The molecule has 0 amide bonds. The SMILES string of the molecule is CC=C(C)C=CC=C(C)C=CC1=C(C)C(=O)C(OC(=O)CCC(=O)Oc2ccc(C=Cc3cc(O)cc(O)c3)cc2)CC1(C)C. The molecule has 0 fully saturated rings. The van der Waals surface area contributed by atoms with Crippen LogP contribution in [0.4, 0.5) is 0 Å². The van der Waals surface area contributed by atoms with Crippen LogP contribution < -0.4 is 4.74 Å². The lowest BCUT2D eigenvalue weighted by molar-refractivity contribution is -0.157. The Hall–Kier alpha value is -4.91. The molecule has 0 saturated carbocycles. The Kier molecular flexibility index (Phi) is 12.1. The lowest BCUT2D eigenvalue weighted by Crippen LogP contribution is -2.39. The molecule has 1 aliphatic carbocycles. The first-order chi connectivity index (χ1) is 21.3. The summed E-state index contributed by atoms with van der Waals surface area (Å²) in [7, 11) is 0. The summed E-state index contributed by atoms with van der Waals surface area (Å²) < 4.78 is 10.9. The Morgan fingerprint density at radius 1 is 0.889 bits per heavy atom. The van der Waals surface area contributed by atoms with E-state index in [1.54, 1.807) is 43.3 Å². The Morgan fingerprint density at radius 2 is 1.51 bits per heavy atom. The van der Waals surface area contributed by atoms with Gasteiger partial charge in [-0.1, -0.05) is 85.7 Å². The third-order valence-corrected chi connectivity index (χ3v) is 7.49. The number of hydrogen-bond donors (Lipinski definition) is 2. The highest BCUT2D eigenvalue weighted by molar-refractivity contribution is 6.01. The first-order valence-electron chi connectivity index (χ1n) is 14.9. The minimum absolute atomic E-state index is 0.0396. The van der Waals surface area contributed by atoms with Crippen molar-refractivity contribution in [3.05, 3.63) is 112 Å². The molecule has 0 spiro atoms. The van der Waals surface area contributed by atoms with Gasteiger partial charge in [0.2, 0.25) is 0 Å². The van der Waals surface area contributed by atoms with Crippen LogP contribution in [-0.4, -0.2) is 34.0 Å². The molecule has 236 valence electrons. The van der Waals surface area contributed by atoms with E-state index in [4.69, 9.17) is 9.47 Å². The number of carbonyl (C=O) groups excluding carboxylic acids is 3. The monoisotopic (exact) mass is 610 g/mol. The highest BCUT2D eigenvalue weighted by Gasteiger charge is 2.39. The first-order valence-corrected chi connectivity index (χ1v) is 14.9. The molecule has 1 atom stereocenters. The van der Waals surface area contributed by atoms with Crippen molar-refractivity contribution in [3.63, 3.8) is 0 Å². The molecule has 2 aromatic carbocycles. The number of ether oxygens (including phenoxy) is 2. The molecule has 1 aliphatic rings. The Bertz CT molecular complexity index is 1570. The zero-order valence-electron chi connectivity index (χ0n) is 26.8. The number of carbonyl (C=O) groups is 3. The van der Waals surface area contributed by atoms with E-state index >= 15 is 0 Å². The second kappa shape index (κ2) is 15.7. The summed E-state index contributed by atoms with van der Waals surface area (Å²) in [6, 6.07) is 11.0. The van der Waals surface area contributed by atoms with Crippen molar-refractivity contribution in [2.75, 3.05) is 0 Å². The lowest BCUT2D eigenvalue weighted by atomic mass is 9.71. The molecular weight excluding hydrogens is 568 g/mol.